The Kier molecular flexibility index (Phi) is 5.30. The van der Waals surface area contributed by atoms with Crippen LogP contribution in [0.5, 0.6) is 0 Å². The Hall–Kier alpha value is -2.14. The van der Waals surface area contributed by atoms with Crippen LogP contribution in [0.25, 0.3) is 15.9 Å². The number of rotatable bonds is 3. The monoisotopic (exact) mass is 381 g/mol. The largest absolute Gasteiger partial charge is 0.349 e. The maximum absolute atomic E-state index is 13.3. The highest BCUT2D eigenvalue weighted by molar-refractivity contribution is 7.21. The number of aryl methyl sites for hydroxylation is 2. The van der Waals surface area contributed by atoms with Gasteiger partial charge in [-0.2, -0.15) is 0 Å². The van der Waals surface area contributed by atoms with Crippen LogP contribution in [0.2, 0.25) is 0 Å². The number of amides is 1. The van der Waals surface area contributed by atoms with Crippen LogP contribution in [0.4, 0.5) is 0 Å². The molecular weight excluding hydrogens is 354 g/mol. The summed E-state index contributed by atoms with van der Waals surface area (Å²) in [5.74, 6) is 0.0473. The van der Waals surface area contributed by atoms with Crippen molar-refractivity contribution < 1.29 is 4.79 Å². The van der Waals surface area contributed by atoms with E-state index in [0.717, 1.165) is 45.0 Å². The Morgan fingerprint density at radius 2 is 1.74 bits per heavy atom. The Morgan fingerprint density at radius 3 is 2.44 bits per heavy atom. The third kappa shape index (κ3) is 3.65. The van der Waals surface area contributed by atoms with Crippen LogP contribution in [0.15, 0.2) is 30.5 Å². The van der Waals surface area contributed by atoms with Crippen molar-refractivity contribution in [3.63, 3.8) is 0 Å². The van der Waals surface area contributed by atoms with E-state index in [1.54, 1.807) is 6.20 Å². The molecule has 27 heavy (non-hydrogen) atoms. The topological polar surface area (TPSA) is 46.9 Å². The number of fused-ring (bicyclic) bond motifs is 1. The molecule has 3 heterocycles. The molecule has 5 heteroatoms. The molecular formula is C22H27N3OS. The van der Waals surface area contributed by atoms with Crippen molar-refractivity contribution in [2.24, 2.45) is 0 Å². The predicted molar refractivity (Wildman–Crippen MR) is 112 cm³/mol. The van der Waals surface area contributed by atoms with Crippen molar-refractivity contribution in [3.05, 3.63) is 46.7 Å². The highest BCUT2D eigenvalue weighted by atomic mass is 32.1. The normalized spacial score (nSPS) is 16.2. The number of nitrogens with one attached hydrogen (secondary N) is 1. The fourth-order valence-corrected chi connectivity index (χ4v) is 5.20. The van der Waals surface area contributed by atoms with Gasteiger partial charge in [0.1, 0.15) is 9.71 Å². The van der Waals surface area contributed by atoms with Crippen molar-refractivity contribution in [3.8, 4) is 5.69 Å². The molecule has 4 rings (SSSR count). The molecule has 3 aromatic heterocycles. The molecule has 0 bridgehead atoms. The number of carbonyl (C=O) groups excluding carboxylic acids is 1. The lowest BCUT2D eigenvalue weighted by Gasteiger charge is -2.21. The summed E-state index contributed by atoms with van der Waals surface area (Å²) >= 11 is 1.50. The van der Waals surface area contributed by atoms with Crippen LogP contribution >= 0.6 is 11.3 Å². The van der Waals surface area contributed by atoms with Crippen LogP contribution < -0.4 is 5.32 Å². The van der Waals surface area contributed by atoms with Gasteiger partial charge >= 0.3 is 0 Å². The Morgan fingerprint density at radius 1 is 1.07 bits per heavy atom. The molecule has 1 aliphatic carbocycles. The lowest BCUT2D eigenvalue weighted by atomic mass is 9.96. The van der Waals surface area contributed by atoms with Gasteiger partial charge in [-0.3, -0.25) is 4.79 Å². The molecule has 142 valence electrons. The molecule has 1 fully saturated rings. The first-order valence-corrected chi connectivity index (χ1v) is 10.8. The van der Waals surface area contributed by atoms with E-state index in [1.807, 2.05) is 6.07 Å². The Labute approximate surface area is 164 Å². The fraction of sp³-hybridized carbons (Fsp3) is 0.455. The fourth-order valence-electron chi connectivity index (χ4n) is 4.17. The van der Waals surface area contributed by atoms with E-state index in [1.165, 1.54) is 43.4 Å². The summed E-state index contributed by atoms with van der Waals surface area (Å²) < 4.78 is 2.19. The molecule has 0 spiro atoms. The van der Waals surface area contributed by atoms with Gasteiger partial charge in [-0.05, 0) is 51.0 Å². The first kappa shape index (κ1) is 18.2. The Bertz CT molecular complexity index is 928. The minimum absolute atomic E-state index is 0.0473. The van der Waals surface area contributed by atoms with E-state index in [-0.39, 0.29) is 11.9 Å². The minimum atomic E-state index is 0.0473. The Balaban J connectivity index is 1.72. The van der Waals surface area contributed by atoms with Crippen LogP contribution in [-0.2, 0) is 0 Å². The molecule has 1 N–H and O–H groups in total. The lowest BCUT2D eigenvalue weighted by molar-refractivity contribution is 0.0934. The van der Waals surface area contributed by atoms with Gasteiger partial charge in [0.2, 0.25) is 0 Å². The zero-order chi connectivity index (χ0) is 18.8. The van der Waals surface area contributed by atoms with Crippen molar-refractivity contribution >= 4 is 27.5 Å². The summed E-state index contributed by atoms with van der Waals surface area (Å²) in [7, 11) is 0. The predicted octanol–water partition coefficient (Wildman–Crippen LogP) is 5.55. The number of hydrogen-bond donors (Lipinski definition) is 1. The SMILES string of the molecule is Cc1ccc(C)n1-c1c(C(=O)NC2CCCCCCC2)sc2ncccc12. The third-order valence-corrected chi connectivity index (χ3v) is 6.68. The van der Waals surface area contributed by atoms with E-state index in [2.05, 4.69) is 46.9 Å². The summed E-state index contributed by atoms with van der Waals surface area (Å²) in [6.07, 6.45) is 10.3. The number of aromatic nitrogens is 2. The highest BCUT2D eigenvalue weighted by Gasteiger charge is 2.24. The van der Waals surface area contributed by atoms with Crippen molar-refractivity contribution in [1.82, 2.24) is 14.9 Å². The molecule has 1 amide bonds. The molecule has 0 radical (unpaired) electrons. The average Bonchev–Trinajstić information content (AvgIpc) is 3.17. The number of thiophene rings is 1. The summed E-state index contributed by atoms with van der Waals surface area (Å²) in [6.45, 7) is 4.17. The van der Waals surface area contributed by atoms with Crippen molar-refractivity contribution in [2.45, 2.75) is 64.8 Å². The highest BCUT2D eigenvalue weighted by Crippen LogP contribution is 2.35. The van der Waals surface area contributed by atoms with Gasteiger partial charge in [0.05, 0.1) is 5.69 Å². The number of carbonyl (C=O) groups is 1. The average molecular weight is 382 g/mol. The van der Waals surface area contributed by atoms with Gasteiger partial charge in [0, 0.05) is 29.0 Å². The van der Waals surface area contributed by atoms with Gasteiger partial charge in [-0.1, -0.05) is 32.1 Å². The quantitative estimate of drug-likeness (QED) is 0.647. The first-order chi connectivity index (χ1) is 13.1. The molecule has 0 saturated heterocycles. The zero-order valence-electron chi connectivity index (χ0n) is 16.1. The van der Waals surface area contributed by atoms with Crippen LogP contribution in [0, 0.1) is 13.8 Å². The van der Waals surface area contributed by atoms with E-state index >= 15 is 0 Å². The maximum atomic E-state index is 13.3. The molecule has 3 aromatic rings. The second-order valence-electron chi connectivity index (χ2n) is 7.60. The van der Waals surface area contributed by atoms with Crippen molar-refractivity contribution in [2.75, 3.05) is 0 Å². The summed E-state index contributed by atoms with van der Waals surface area (Å²) in [5.41, 5.74) is 3.25. The van der Waals surface area contributed by atoms with Crippen LogP contribution in [0.1, 0.15) is 66.0 Å². The first-order valence-electron chi connectivity index (χ1n) is 9.99. The van der Waals surface area contributed by atoms with Crippen LogP contribution in [0.3, 0.4) is 0 Å². The van der Waals surface area contributed by atoms with Gasteiger partial charge in [-0.15, -0.1) is 11.3 Å². The van der Waals surface area contributed by atoms with Gasteiger partial charge in [-0.25, -0.2) is 4.98 Å². The van der Waals surface area contributed by atoms with E-state index < -0.39 is 0 Å². The second kappa shape index (κ2) is 7.85. The van der Waals surface area contributed by atoms with Gasteiger partial charge in [0.25, 0.3) is 5.91 Å². The lowest BCUT2D eigenvalue weighted by Crippen LogP contribution is -2.35. The molecule has 4 nitrogen and oxygen atoms in total. The number of hydrogen-bond acceptors (Lipinski definition) is 3. The van der Waals surface area contributed by atoms with E-state index in [0.29, 0.717) is 0 Å². The number of nitrogens with zero attached hydrogens (tertiary/aromatic N) is 2. The summed E-state index contributed by atoms with van der Waals surface area (Å²) in [6, 6.07) is 8.51. The molecule has 0 unspecified atom stereocenters. The molecule has 0 aromatic carbocycles. The molecule has 1 aliphatic rings. The van der Waals surface area contributed by atoms with E-state index in [9.17, 15) is 4.79 Å². The third-order valence-electron chi connectivity index (χ3n) is 5.58. The second-order valence-corrected chi connectivity index (χ2v) is 8.60. The summed E-state index contributed by atoms with van der Waals surface area (Å²) in [5, 5.41) is 4.38. The standard InChI is InChI=1S/C22H27N3OS/c1-15-12-13-16(2)25(15)19-18-11-8-14-23-22(18)27-20(19)21(26)24-17-9-6-4-3-5-7-10-17/h8,11-14,17H,3-7,9-10H2,1-2H3,(H,24,26). The van der Waals surface area contributed by atoms with Gasteiger partial charge in [0.15, 0.2) is 0 Å². The van der Waals surface area contributed by atoms with Gasteiger partial charge < -0.3 is 9.88 Å². The summed E-state index contributed by atoms with van der Waals surface area (Å²) in [4.78, 5) is 19.5. The smallest absolute Gasteiger partial charge is 0.263 e. The van der Waals surface area contributed by atoms with Crippen molar-refractivity contribution in [1.29, 1.82) is 0 Å². The van der Waals surface area contributed by atoms with E-state index in [4.69, 9.17) is 0 Å². The van der Waals surface area contributed by atoms with Crippen LogP contribution in [-0.4, -0.2) is 21.5 Å². The molecule has 1 saturated carbocycles. The number of pyridine rings is 1. The minimum Gasteiger partial charge on any atom is -0.349 e. The maximum Gasteiger partial charge on any atom is 0.263 e. The molecule has 0 atom stereocenters. The zero-order valence-corrected chi connectivity index (χ0v) is 16.9. The molecule has 0 aliphatic heterocycles.